The molecule has 0 spiro atoms. The normalized spacial score (nSPS) is 15.8. The summed E-state index contributed by atoms with van der Waals surface area (Å²) in [5.74, 6) is 0.0451. The van der Waals surface area contributed by atoms with Crippen molar-refractivity contribution in [2.75, 3.05) is 34.0 Å². The van der Waals surface area contributed by atoms with Crippen LogP contribution < -0.4 is 4.74 Å². The summed E-state index contributed by atoms with van der Waals surface area (Å²) in [7, 11) is 2.93. The average Bonchev–Trinajstić information content (AvgIpc) is 2.87. The summed E-state index contributed by atoms with van der Waals surface area (Å²) in [6, 6.07) is 7.37. The Morgan fingerprint density at radius 2 is 1.88 bits per heavy atom. The van der Waals surface area contributed by atoms with E-state index in [9.17, 15) is 9.59 Å². The van der Waals surface area contributed by atoms with Crippen LogP contribution in [0.25, 0.3) is 6.08 Å². The Morgan fingerprint density at radius 3 is 2.46 bits per heavy atom. The van der Waals surface area contributed by atoms with Gasteiger partial charge in [0.05, 0.1) is 24.9 Å². The number of methoxy groups -OCH3 is 2. The van der Waals surface area contributed by atoms with Crippen molar-refractivity contribution in [3.05, 3.63) is 46.7 Å². The van der Waals surface area contributed by atoms with Gasteiger partial charge in [-0.2, -0.15) is 0 Å². The largest absolute Gasteiger partial charge is 0.494 e. The molecule has 0 N–H and O–H groups in total. The standard InChI is InChI=1S/C20H25NO5/c1-5-26-16-9-7-15(8-10-16)13-17-18(20(23)25-4)14(2)21(19(17)22)11-6-12-24-3/h7-10,13H,5-6,11-12H2,1-4H3/b17-13+. The van der Waals surface area contributed by atoms with E-state index < -0.39 is 5.97 Å². The fraction of sp³-hybridized carbons (Fsp3) is 0.400. The van der Waals surface area contributed by atoms with Crippen molar-refractivity contribution in [1.82, 2.24) is 4.90 Å². The average molecular weight is 359 g/mol. The van der Waals surface area contributed by atoms with E-state index in [0.717, 1.165) is 11.3 Å². The first kappa shape index (κ1) is 19.7. The lowest BCUT2D eigenvalue weighted by atomic mass is 10.0. The van der Waals surface area contributed by atoms with E-state index in [1.807, 2.05) is 31.2 Å². The third-order valence-electron chi connectivity index (χ3n) is 4.13. The van der Waals surface area contributed by atoms with Gasteiger partial charge >= 0.3 is 5.97 Å². The molecule has 2 rings (SSSR count). The Kier molecular flexibility index (Phi) is 6.97. The lowest BCUT2D eigenvalue weighted by Crippen LogP contribution is -2.26. The van der Waals surface area contributed by atoms with E-state index in [2.05, 4.69) is 0 Å². The Labute approximate surface area is 154 Å². The highest BCUT2D eigenvalue weighted by Gasteiger charge is 2.36. The number of ether oxygens (including phenoxy) is 3. The van der Waals surface area contributed by atoms with Gasteiger partial charge in [-0.3, -0.25) is 4.79 Å². The maximum atomic E-state index is 12.9. The number of hydrogen-bond donors (Lipinski definition) is 0. The zero-order valence-corrected chi connectivity index (χ0v) is 15.7. The van der Waals surface area contributed by atoms with E-state index >= 15 is 0 Å². The van der Waals surface area contributed by atoms with E-state index in [1.54, 1.807) is 25.0 Å². The first-order valence-electron chi connectivity index (χ1n) is 8.58. The number of allylic oxidation sites excluding steroid dienone is 1. The molecule has 0 aromatic heterocycles. The molecule has 1 aromatic carbocycles. The fourth-order valence-electron chi connectivity index (χ4n) is 2.86. The van der Waals surface area contributed by atoms with Crippen LogP contribution in [0.15, 0.2) is 41.1 Å². The van der Waals surface area contributed by atoms with Crippen LogP contribution in [0, 0.1) is 0 Å². The highest BCUT2D eigenvalue weighted by atomic mass is 16.5. The number of nitrogens with zero attached hydrogens (tertiary/aromatic N) is 1. The molecule has 6 heteroatoms. The first-order chi connectivity index (χ1) is 12.5. The number of carbonyl (C=O) groups is 2. The van der Waals surface area contributed by atoms with Crippen molar-refractivity contribution in [3.63, 3.8) is 0 Å². The Morgan fingerprint density at radius 1 is 1.19 bits per heavy atom. The summed E-state index contributed by atoms with van der Waals surface area (Å²) in [5, 5.41) is 0. The molecule has 140 valence electrons. The number of amides is 1. The number of esters is 1. The number of benzene rings is 1. The van der Waals surface area contributed by atoms with Gasteiger partial charge in [0, 0.05) is 26.0 Å². The molecule has 0 saturated heterocycles. The molecule has 1 aliphatic heterocycles. The molecule has 0 saturated carbocycles. The number of hydrogen-bond acceptors (Lipinski definition) is 5. The Balaban J connectivity index is 2.34. The maximum absolute atomic E-state index is 12.9. The summed E-state index contributed by atoms with van der Waals surface area (Å²) in [6.07, 6.45) is 2.40. The second-order valence-electron chi connectivity index (χ2n) is 5.82. The van der Waals surface area contributed by atoms with Gasteiger partial charge in [-0.1, -0.05) is 12.1 Å². The monoisotopic (exact) mass is 359 g/mol. The molecule has 0 unspecified atom stereocenters. The predicted molar refractivity (Wildman–Crippen MR) is 98.5 cm³/mol. The fourth-order valence-corrected chi connectivity index (χ4v) is 2.86. The molecular formula is C20H25NO5. The van der Waals surface area contributed by atoms with Crippen LogP contribution in [0.4, 0.5) is 0 Å². The zero-order chi connectivity index (χ0) is 19.1. The quantitative estimate of drug-likeness (QED) is 0.406. The highest BCUT2D eigenvalue weighted by Crippen LogP contribution is 2.31. The Bertz CT molecular complexity index is 718. The molecule has 26 heavy (non-hydrogen) atoms. The van der Waals surface area contributed by atoms with E-state index in [-0.39, 0.29) is 5.91 Å². The van der Waals surface area contributed by atoms with Crippen molar-refractivity contribution in [2.45, 2.75) is 20.3 Å². The summed E-state index contributed by atoms with van der Waals surface area (Å²) in [4.78, 5) is 26.7. The van der Waals surface area contributed by atoms with E-state index in [4.69, 9.17) is 14.2 Å². The minimum absolute atomic E-state index is 0.201. The van der Waals surface area contributed by atoms with Gasteiger partial charge in [0.25, 0.3) is 5.91 Å². The topological polar surface area (TPSA) is 65.1 Å². The van der Waals surface area contributed by atoms with Gasteiger partial charge in [0.2, 0.25) is 0 Å². The molecule has 1 amide bonds. The van der Waals surface area contributed by atoms with Crippen LogP contribution in [0.1, 0.15) is 25.8 Å². The molecule has 0 radical (unpaired) electrons. The SMILES string of the molecule is CCOc1ccc(/C=C2/C(=O)N(CCCOC)C(C)=C2C(=O)OC)cc1. The second kappa shape index (κ2) is 9.20. The molecule has 0 fully saturated rings. The van der Waals surface area contributed by atoms with Crippen molar-refractivity contribution < 1.29 is 23.8 Å². The van der Waals surface area contributed by atoms with Gasteiger partial charge in [0.1, 0.15) is 5.75 Å². The van der Waals surface area contributed by atoms with Crippen LogP contribution in [-0.4, -0.2) is 50.8 Å². The summed E-state index contributed by atoms with van der Waals surface area (Å²) < 4.78 is 15.4. The minimum Gasteiger partial charge on any atom is -0.494 e. The van der Waals surface area contributed by atoms with Crippen LogP contribution in [0.5, 0.6) is 5.75 Å². The molecule has 1 heterocycles. The molecule has 1 aliphatic rings. The predicted octanol–water partition coefficient (Wildman–Crippen LogP) is 2.79. The molecule has 6 nitrogen and oxygen atoms in total. The van der Waals surface area contributed by atoms with Crippen LogP contribution in [-0.2, 0) is 19.1 Å². The smallest absolute Gasteiger partial charge is 0.340 e. The maximum Gasteiger partial charge on any atom is 0.340 e. The summed E-state index contributed by atoms with van der Waals surface area (Å²) in [5.41, 5.74) is 2.07. The van der Waals surface area contributed by atoms with Crippen LogP contribution >= 0.6 is 0 Å². The molecule has 0 aliphatic carbocycles. The van der Waals surface area contributed by atoms with E-state index in [1.165, 1.54) is 7.11 Å². The second-order valence-corrected chi connectivity index (χ2v) is 5.82. The molecule has 0 atom stereocenters. The van der Waals surface area contributed by atoms with Crippen molar-refractivity contribution in [2.24, 2.45) is 0 Å². The van der Waals surface area contributed by atoms with Crippen LogP contribution in [0.3, 0.4) is 0 Å². The van der Waals surface area contributed by atoms with Crippen molar-refractivity contribution in [1.29, 1.82) is 0 Å². The van der Waals surface area contributed by atoms with E-state index in [0.29, 0.717) is 43.0 Å². The van der Waals surface area contributed by atoms with Gasteiger partial charge in [-0.25, -0.2) is 4.79 Å². The van der Waals surface area contributed by atoms with Gasteiger partial charge in [-0.05, 0) is 44.0 Å². The summed E-state index contributed by atoms with van der Waals surface area (Å²) >= 11 is 0. The van der Waals surface area contributed by atoms with Crippen molar-refractivity contribution in [3.8, 4) is 5.75 Å². The third-order valence-corrected chi connectivity index (χ3v) is 4.13. The highest BCUT2D eigenvalue weighted by molar-refractivity contribution is 6.16. The molecular weight excluding hydrogens is 334 g/mol. The van der Waals surface area contributed by atoms with Crippen LogP contribution in [0.2, 0.25) is 0 Å². The molecule has 1 aromatic rings. The first-order valence-corrected chi connectivity index (χ1v) is 8.58. The van der Waals surface area contributed by atoms with Gasteiger partial charge in [0.15, 0.2) is 0 Å². The number of rotatable bonds is 8. The zero-order valence-electron chi connectivity index (χ0n) is 15.7. The summed E-state index contributed by atoms with van der Waals surface area (Å²) in [6.45, 7) is 5.30. The van der Waals surface area contributed by atoms with Gasteiger partial charge in [-0.15, -0.1) is 0 Å². The Hall–Kier alpha value is -2.60. The third kappa shape index (κ3) is 4.32. The lowest BCUT2D eigenvalue weighted by Gasteiger charge is -2.17. The number of carbonyl (C=O) groups excluding carboxylic acids is 2. The lowest BCUT2D eigenvalue weighted by molar-refractivity contribution is -0.136. The minimum atomic E-state index is -0.512. The van der Waals surface area contributed by atoms with Gasteiger partial charge < -0.3 is 19.1 Å². The molecule has 0 bridgehead atoms. The van der Waals surface area contributed by atoms with Crippen molar-refractivity contribution >= 4 is 18.0 Å².